The summed E-state index contributed by atoms with van der Waals surface area (Å²) in [5.41, 5.74) is 0.234. The Morgan fingerprint density at radius 1 is 0.933 bits per heavy atom. The SMILES string of the molecule is CC1CCCC(C)N1C(=O)COC(=O)c1ccc(S(=O)(=O)N2CCCCCC2)cc1. The fraction of sp³-hybridized carbons (Fsp3) is 0.636. The third kappa shape index (κ3) is 5.21. The zero-order chi connectivity index (χ0) is 21.7. The number of hydrogen-bond donors (Lipinski definition) is 0. The average Bonchev–Trinajstić information content (AvgIpc) is 3.02. The molecule has 2 atom stereocenters. The van der Waals surface area contributed by atoms with Crippen molar-refractivity contribution < 1.29 is 22.7 Å². The van der Waals surface area contributed by atoms with Gasteiger partial charge in [-0.15, -0.1) is 0 Å². The van der Waals surface area contributed by atoms with Crippen molar-refractivity contribution in [3.63, 3.8) is 0 Å². The maximum absolute atomic E-state index is 12.8. The van der Waals surface area contributed by atoms with Gasteiger partial charge in [0.2, 0.25) is 10.0 Å². The van der Waals surface area contributed by atoms with Crippen molar-refractivity contribution in [3.8, 4) is 0 Å². The van der Waals surface area contributed by atoms with Gasteiger partial charge in [-0.1, -0.05) is 12.8 Å². The Labute approximate surface area is 179 Å². The molecule has 8 heteroatoms. The minimum Gasteiger partial charge on any atom is -0.452 e. The number of sulfonamides is 1. The second-order valence-corrected chi connectivity index (χ2v) is 10.3. The van der Waals surface area contributed by atoms with E-state index in [4.69, 9.17) is 4.74 Å². The molecule has 0 aliphatic carbocycles. The second kappa shape index (κ2) is 9.92. The molecule has 30 heavy (non-hydrogen) atoms. The van der Waals surface area contributed by atoms with Crippen molar-refractivity contribution in [1.82, 2.24) is 9.21 Å². The largest absolute Gasteiger partial charge is 0.452 e. The molecule has 2 heterocycles. The molecule has 3 rings (SSSR count). The predicted octanol–water partition coefficient (Wildman–Crippen LogP) is 3.20. The number of carbonyl (C=O) groups is 2. The third-order valence-electron chi connectivity index (χ3n) is 6.10. The molecule has 2 fully saturated rings. The van der Waals surface area contributed by atoms with Gasteiger partial charge in [-0.25, -0.2) is 13.2 Å². The van der Waals surface area contributed by atoms with Crippen molar-refractivity contribution in [1.29, 1.82) is 0 Å². The first-order chi connectivity index (χ1) is 14.3. The van der Waals surface area contributed by atoms with E-state index in [0.29, 0.717) is 13.1 Å². The Kier molecular flexibility index (Phi) is 7.52. The lowest BCUT2D eigenvalue weighted by Gasteiger charge is -2.38. The quantitative estimate of drug-likeness (QED) is 0.662. The highest BCUT2D eigenvalue weighted by atomic mass is 32.2. The summed E-state index contributed by atoms with van der Waals surface area (Å²) in [6.07, 6.45) is 6.83. The number of likely N-dealkylation sites (tertiary alicyclic amines) is 1. The van der Waals surface area contributed by atoms with E-state index in [1.54, 1.807) is 4.90 Å². The van der Waals surface area contributed by atoms with Crippen LogP contribution in [0.1, 0.15) is 69.2 Å². The van der Waals surface area contributed by atoms with Crippen molar-refractivity contribution in [2.45, 2.75) is 75.8 Å². The molecule has 2 saturated heterocycles. The first-order valence-electron chi connectivity index (χ1n) is 10.9. The van der Waals surface area contributed by atoms with Crippen LogP contribution in [-0.4, -0.2) is 61.3 Å². The van der Waals surface area contributed by atoms with Gasteiger partial charge in [-0.05, 0) is 70.2 Å². The molecule has 0 aromatic heterocycles. The van der Waals surface area contributed by atoms with E-state index >= 15 is 0 Å². The Bertz CT molecular complexity index is 835. The second-order valence-electron chi connectivity index (χ2n) is 8.35. The Hall–Kier alpha value is -1.93. The maximum atomic E-state index is 12.8. The van der Waals surface area contributed by atoms with Gasteiger partial charge in [-0.2, -0.15) is 4.31 Å². The number of benzene rings is 1. The van der Waals surface area contributed by atoms with Crippen LogP contribution in [0.15, 0.2) is 29.2 Å². The lowest BCUT2D eigenvalue weighted by Crippen LogP contribution is -2.49. The molecule has 1 aromatic carbocycles. The topological polar surface area (TPSA) is 84.0 Å². The van der Waals surface area contributed by atoms with E-state index in [0.717, 1.165) is 44.9 Å². The molecular formula is C22H32N2O5S. The summed E-state index contributed by atoms with van der Waals surface area (Å²) >= 11 is 0. The number of esters is 1. The van der Waals surface area contributed by atoms with Crippen LogP contribution >= 0.6 is 0 Å². The first kappa shape index (κ1) is 22.7. The van der Waals surface area contributed by atoms with Crippen molar-refractivity contribution in [2.24, 2.45) is 0 Å². The molecule has 0 N–H and O–H groups in total. The standard InChI is InChI=1S/C22H32N2O5S/c1-17-8-7-9-18(2)24(17)21(25)16-29-22(26)19-10-12-20(13-11-19)30(27,28)23-14-5-3-4-6-15-23/h10-13,17-18H,3-9,14-16H2,1-2H3. The molecule has 0 spiro atoms. The summed E-state index contributed by atoms with van der Waals surface area (Å²) in [7, 11) is -3.56. The summed E-state index contributed by atoms with van der Waals surface area (Å²) in [5, 5.41) is 0. The third-order valence-corrected chi connectivity index (χ3v) is 8.01. The number of hydrogen-bond acceptors (Lipinski definition) is 5. The molecule has 166 valence electrons. The van der Waals surface area contributed by atoms with E-state index < -0.39 is 16.0 Å². The maximum Gasteiger partial charge on any atom is 0.338 e. The molecule has 2 aliphatic heterocycles. The van der Waals surface area contributed by atoms with E-state index in [1.807, 2.05) is 13.8 Å². The van der Waals surface area contributed by atoms with Crippen LogP contribution in [0.2, 0.25) is 0 Å². The minimum atomic E-state index is -3.56. The van der Waals surface area contributed by atoms with Crippen LogP contribution in [0, 0.1) is 0 Å². The van der Waals surface area contributed by atoms with Gasteiger partial charge in [0.25, 0.3) is 5.91 Å². The van der Waals surface area contributed by atoms with Crippen molar-refractivity contribution >= 4 is 21.9 Å². The van der Waals surface area contributed by atoms with Crippen LogP contribution in [0.3, 0.4) is 0 Å². The van der Waals surface area contributed by atoms with Gasteiger partial charge in [0.05, 0.1) is 10.5 Å². The van der Waals surface area contributed by atoms with Crippen LogP contribution in [0.5, 0.6) is 0 Å². The zero-order valence-electron chi connectivity index (χ0n) is 17.9. The lowest BCUT2D eigenvalue weighted by atomic mass is 9.97. The Balaban J connectivity index is 1.60. The van der Waals surface area contributed by atoms with Crippen molar-refractivity contribution in [3.05, 3.63) is 29.8 Å². The summed E-state index contributed by atoms with van der Waals surface area (Å²) < 4.78 is 32.4. The molecule has 1 aromatic rings. The van der Waals surface area contributed by atoms with Crippen LogP contribution in [0.4, 0.5) is 0 Å². The van der Waals surface area contributed by atoms with Gasteiger partial charge < -0.3 is 9.64 Å². The molecule has 0 radical (unpaired) electrons. The van der Waals surface area contributed by atoms with E-state index in [-0.39, 0.29) is 35.1 Å². The summed E-state index contributed by atoms with van der Waals surface area (Å²) in [5.74, 6) is -0.817. The Morgan fingerprint density at radius 2 is 1.50 bits per heavy atom. The normalized spacial score (nSPS) is 23.6. The monoisotopic (exact) mass is 436 g/mol. The summed E-state index contributed by atoms with van der Waals surface area (Å²) in [6.45, 7) is 4.78. The van der Waals surface area contributed by atoms with Gasteiger partial charge >= 0.3 is 5.97 Å². The highest BCUT2D eigenvalue weighted by Gasteiger charge is 2.30. The van der Waals surface area contributed by atoms with Gasteiger partial charge in [0, 0.05) is 25.2 Å². The molecule has 2 aliphatic rings. The smallest absolute Gasteiger partial charge is 0.338 e. The minimum absolute atomic E-state index is 0.142. The number of rotatable bonds is 5. The number of amides is 1. The molecular weight excluding hydrogens is 404 g/mol. The molecule has 2 unspecified atom stereocenters. The Morgan fingerprint density at radius 3 is 2.07 bits per heavy atom. The highest BCUT2D eigenvalue weighted by molar-refractivity contribution is 7.89. The predicted molar refractivity (Wildman–Crippen MR) is 114 cm³/mol. The van der Waals surface area contributed by atoms with Gasteiger partial charge in [0.1, 0.15) is 0 Å². The summed E-state index contributed by atoms with van der Waals surface area (Å²) in [6, 6.07) is 6.06. The van der Waals surface area contributed by atoms with Crippen LogP contribution < -0.4 is 0 Å². The van der Waals surface area contributed by atoms with Crippen molar-refractivity contribution in [2.75, 3.05) is 19.7 Å². The highest BCUT2D eigenvalue weighted by Crippen LogP contribution is 2.23. The fourth-order valence-electron chi connectivity index (χ4n) is 4.39. The number of piperidine rings is 1. The van der Waals surface area contributed by atoms with E-state index in [1.165, 1.54) is 28.6 Å². The van der Waals surface area contributed by atoms with Crippen LogP contribution in [-0.2, 0) is 19.6 Å². The zero-order valence-corrected chi connectivity index (χ0v) is 18.7. The molecule has 0 saturated carbocycles. The lowest BCUT2D eigenvalue weighted by molar-refractivity contribution is -0.140. The summed E-state index contributed by atoms with van der Waals surface area (Å²) in [4.78, 5) is 26.8. The number of nitrogens with zero attached hydrogens (tertiary/aromatic N) is 2. The van der Waals surface area contributed by atoms with E-state index in [2.05, 4.69) is 0 Å². The van der Waals surface area contributed by atoms with Gasteiger partial charge in [0.15, 0.2) is 6.61 Å². The molecule has 7 nitrogen and oxygen atoms in total. The number of ether oxygens (including phenoxy) is 1. The molecule has 0 bridgehead atoms. The van der Waals surface area contributed by atoms with Gasteiger partial charge in [-0.3, -0.25) is 4.79 Å². The number of carbonyl (C=O) groups excluding carboxylic acids is 2. The fourth-order valence-corrected chi connectivity index (χ4v) is 5.91. The van der Waals surface area contributed by atoms with E-state index in [9.17, 15) is 18.0 Å². The average molecular weight is 437 g/mol. The molecule has 1 amide bonds. The van der Waals surface area contributed by atoms with Crippen LogP contribution in [0.25, 0.3) is 0 Å². The first-order valence-corrected chi connectivity index (χ1v) is 12.3.